The Labute approximate surface area is 143 Å². The van der Waals surface area contributed by atoms with Gasteiger partial charge in [-0.2, -0.15) is 0 Å². The first kappa shape index (κ1) is 16.8. The summed E-state index contributed by atoms with van der Waals surface area (Å²) >= 11 is 0. The van der Waals surface area contributed by atoms with Gasteiger partial charge in [-0.25, -0.2) is 9.18 Å². The molecule has 2 heterocycles. The number of benzene rings is 1. The number of furan rings is 2. The van der Waals surface area contributed by atoms with Gasteiger partial charge < -0.3 is 24.6 Å². The standard InChI is InChI=1S/C18H17FN2O4/c1-18(23,16-5-3-9-25-16)11-20-17(22)21-14-10-12(6-7-13(14)19)15-4-2-8-24-15/h2-10,23H,11H2,1H3,(H2,20,21,22)/t18-/m0/s1. The Morgan fingerprint density at radius 3 is 2.64 bits per heavy atom. The van der Waals surface area contributed by atoms with Gasteiger partial charge in [0.25, 0.3) is 0 Å². The van der Waals surface area contributed by atoms with Crippen molar-refractivity contribution in [2.75, 3.05) is 11.9 Å². The van der Waals surface area contributed by atoms with Crippen LogP contribution in [0.25, 0.3) is 11.3 Å². The molecule has 6 nitrogen and oxygen atoms in total. The van der Waals surface area contributed by atoms with Crippen molar-refractivity contribution in [1.29, 1.82) is 0 Å². The fourth-order valence-electron chi connectivity index (χ4n) is 2.31. The minimum absolute atomic E-state index is 0.00374. The predicted molar refractivity (Wildman–Crippen MR) is 89.4 cm³/mol. The zero-order valence-corrected chi connectivity index (χ0v) is 13.5. The van der Waals surface area contributed by atoms with Crippen molar-refractivity contribution >= 4 is 11.7 Å². The van der Waals surface area contributed by atoms with Gasteiger partial charge in [0.2, 0.25) is 0 Å². The van der Waals surface area contributed by atoms with E-state index in [2.05, 4.69) is 10.6 Å². The van der Waals surface area contributed by atoms with Gasteiger partial charge >= 0.3 is 6.03 Å². The molecule has 0 spiro atoms. The van der Waals surface area contributed by atoms with Crippen molar-refractivity contribution in [3.8, 4) is 11.3 Å². The number of aliphatic hydroxyl groups is 1. The topological polar surface area (TPSA) is 87.6 Å². The predicted octanol–water partition coefficient (Wildman–Crippen LogP) is 3.71. The van der Waals surface area contributed by atoms with Crippen LogP contribution in [-0.2, 0) is 5.60 Å². The van der Waals surface area contributed by atoms with Crippen LogP contribution in [0.3, 0.4) is 0 Å². The second-order valence-corrected chi connectivity index (χ2v) is 5.73. The van der Waals surface area contributed by atoms with Gasteiger partial charge in [0, 0.05) is 5.56 Å². The van der Waals surface area contributed by atoms with Gasteiger partial charge in [-0.1, -0.05) is 0 Å². The summed E-state index contributed by atoms with van der Waals surface area (Å²) in [6.07, 6.45) is 2.94. The summed E-state index contributed by atoms with van der Waals surface area (Å²) in [6, 6.07) is 10.3. The molecule has 0 aliphatic heterocycles. The number of halogens is 1. The summed E-state index contributed by atoms with van der Waals surface area (Å²) < 4.78 is 24.3. The van der Waals surface area contributed by atoms with Gasteiger partial charge in [-0.05, 0) is 49.4 Å². The maximum absolute atomic E-state index is 13.9. The highest BCUT2D eigenvalue weighted by Gasteiger charge is 2.26. The van der Waals surface area contributed by atoms with E-state index in [1.54, 1.807) is 30.3 Å². The largest absolute Gasteiger partial charge is 0.466 e. The third kappa shape index (κ3) is 3.89. The Bertz CT molecular complexity index is 842. The van der Waals surface area contributed by atoms with Crippen molar-refractivity contribution in [3.05, 3.63) is 66.6 Å². The first-order chi connectivity index (χ1) is 12.0. The molecule has 3 aromatic rings. The molecule has 0 fully saturated rings. The number of carbonyl (C=O) groups excluding carboxylic acids is 1. The van der Waals surface area contributed by atoms with E-state index in [1.807, 2.05) is 0 Å². The SMILES string of the molecule is C[C@](O)(CNC(=O)Nc1cc(-c2ccco2)ccc1F)c1ccco1. The highest BCUT2D eigenvalue weighted by atomic mass is 19.1. The van der Waals surface area contributed by atoms with E-state index in [-0.39, 0.29) is 12.2 Å². The molecule has 2 amide bonds. The normalized spacial score (nSPS) is 13.2. The number of urea groups is 1. The number of amides is 2. The van der Waals surface area contributed by atoms with Crippen LogP contribution >= 0.6 is 0 Å². The number of hydrogen-bond acceptors (Lipinski definition) is 4. The number of carbonyl (C=O) groups is 1. The molecule has 7 heteroatoms. The number of hydrogen-bond donors (Lipinski definition) is 3. The Morgan fingerprint density at radius 2 is 1.96 bits per heavy atom. The van der Waals surface area contributed by atoms with Crippen molar-refractivity contribution in [3.63, 3.8) is 0 Å². The molecular weight excluding hydrogens is 327 g/mol. The summed E-state index contributed by atoms with van der Waals surface area (Å²) in [4.78, 5) is 12.0. The zero-order chi connectivity index (χ0) is 17.9. The van der Waals surface area contributed by atoms with Crippen LogP contribution in [0.1, 0.15) is 12.7 Å². The summed E-state index contributed by atoms with van der Waals surface area (Å²) in [5.74, 6) is 0.297. The molecule has 0 unspecified atom stereocenters. The molecule has 0 bridgehead atoms. The lowest BCUT2D eigenvalue weighted by atomic mass is 10.0. The van der Waals surface area contributed by atoms with Crippen molar-refractivity contribution < 1.29 is 23.1 Å². The lowest BCUT2D eigenvalue weighted by molar-refractivity contribution is 0.0372. The maximum atomic E-state index is 13.9. The van der Waals surface area contributed by atoms with Crippen LogP contribution in [0.15, 0.2) is 63.8 Å². The van der Waals surface area contributed by atoms with E-state index in [0.29, 0.717) is 17.1 Å². The molecule has 3 rings (SSSR count). The van der Waals surface area contributed by atoms with E-state index in [9.17, 15) is 14.3 Å². The van der Waals surface area contributed by atoms with Crippen molar-refractivity contribution in [2.24, 2.45) is 0 Å². The van der Waals surface area contributed by atoms with Crippen LogP contribution in [-0.4, -0.2) is 17.7 Å². The first-order valence-electron chi connectivity index (χ1n) is 7.60. The minimum Gasteiger partial charge on any atom is -0.466 e. The number of rotatable bonds is 5. The molecule has 0 saturated carbocycles. The van der Waals surface area contributed by atoms with E-state index < -0.39 is 17.4 Å². The first-order valence-corrected chi connectivity index (χ1v) is 7.60. The van der Waals surface area contributed by atoms with E-state index in [0.717, 1.165) is 0 Å². The third-order valence-corrected chi connectivity index (χ3v) is 3.67. The summed E-state index contributed by atoms with van der Waals surface area (Å²) in [6.45, 7) is 1.40. The van der Waals surface area contributed by atoms with E-state index in [4.69, 9.17) is 8.83 Å². The Hall–Kier alpha value is -3.06. The van der Waals surface area contributed by atoms with Crippen molar-refractivity contribution in [2.45, 2.75) is 12.5 Å². The molecule has 0 aliphatic carbocycles. The number of nitrogens with one attached hydrogen (secondary N) is 2. The number of anilines is 1. The van der Waals surface area contributed by atoms with Crippen LogP contribution < -0.4 is 10.6 Å². The molecule has 0 saturated heterocycles. The molecule has 130 valence electrons. The van der Waals surface area contributed by atoms with Crippen LogP contribution in [0.2, 0.25) is 0 Å². The Balaban J connectivity index is 1.66. The van der Waals surface area contributed by atoms with Gasteiger partial charge in [0.05, 0.1) is 24.8 Å². The fraction of sp³-hybridized carbons (Fsp3) is 0.167. The smallest absolute Gasteiger partial charge is 0.319 e. The maximum Gasteiger partial charge on any atom is 0.319 e. The van der Waals surface area contributed by atoms with Crippen molar-refractivity contribution in [1.82, 2.24) is 5.32 Å². The van der Waals surface area contributed by atoms with Gasteiger partial charge in [0.15, 0.2) is 0 Å². The quantitative estimate of drug-likeness (QED) is 0.658. The zero-order valence-electron chi connectivity index (χ0n) is 13.5. The van der Waals surface area contributed by atoms with Crippen LogP contribution in [0.5, 0.6) is 0 Å². The lowest BCUT2D eigenvalue weighted by Crippen LogP contribution is -2.40. The van der Waals surface area contributed by atoms with E-state index >= 15 is 0 Å². The lowest BCUT2D eigenvalue weighted by Gasteiger charge is -2.21. The fourth-order valence-corrected chi connectivity index (χ4v) is 2.31. The molecule has 1 atom stereocenters. The highest BCUT2D eigenvalue weighted by Crippen LogP contribution is 2.25. The molecule has 0 aliphatic rings. The Kier molecular flexibility index (Phi) is 4.58. The van der Waals surface area contributed by atoms with Gasteiger partial charge in [-0.3, -0.25) is 0 Å². The van der Waals surface area contributed by atoms with Gasteiger partial charge in [-0.15, -0.1) is 0 Å². The summed E-state index contributed by atoms with van der Waals surface area (Å²) in [7, 11) is 0. The highest BCUT2D eigenvalue weighted by molar-refractivity contribution is 5.90. The summed E-state index contributed by atoms with van der Waals surface area (Å²) in [5.41, 5.74) is -0.747. The van der Waals surface area contributed by atoms with Crippen LogP contribution in [0, 0.1) is 5.82 Å². The van der Waals surface area contributed by atoms with E-state index in [1.165, 1.54) is 31.6 Å². The second kappa shape index (κ2) is 6.82. The molecular formula is C18H17FN2O4. The van der Waals surface area contributed by atoms with Gasteiger partial charge in [0.1, 0.15) is 22.9 Å². The van der Waals surface area contributed by atoms with Crippen LogP contribution in [0.4, 0.5) is 14.9 Å². The Morgan fingerprint density at radius 1 is 1.20 bits per heavy atom. The second-order valence-electron chi connectivity index (χ2n) is 5.73. The molecule has 1 aromatic carbocycles. The molecule has 3 N–H and O–H groups in total. The molecule has 0 radical (unpaired) electrons. The average Bonchev–Trinajstić information content (AvgIpc) is 3.29. The molecule has 2 aromatic heterocycles. The minimum atomic E-state index is -1.38. The third-order valence-electron chi connectivity index (χ3n) is 3.67. The average molecular weight is 344 g/mol. The molecule has 25 heavy (non-hydrogen) atoms. The summed E-state index contributed by atoms with van der Waals surface area (Å²) in [5, 5.41) is 15.2. The monoisotopic (exact) mass is 344 g/mol.